The first kappa shape index (κ1) is 17.8. The fraction of sp³-hybridized carbons (Fsp3) is 0.650. The van der Waals surface area contributed by atoms with Gasteiger partial charge in [-0.1, -0.05) is 26.8 Å². The summed E-state index contributed by atoms with van der Waals surface area (Å²) in [6.07, 6.45) is 3.45. The number of aromatic nitrogens is 2. The molecular weight excluding hydrogens is 330 g/mol. The van der Waals surface area contributed by atoms with Crippen molar-refractivity contribution in [1.29, 1.82) is 0 Å². The van der Waals surface area contributed by atoms with Crippen LogP contribution in [0.25, 0.3) is 11.0 Å². The maximum absolute atomic E-state index is 10.6. The Morgan fingerprint density at radius 1 is 1.35 bits per heavy atom. The summed E-state index contributed by atoms with van der Waals surface area (Å²) in [5, 5.41) is 24.3. The van der Waals surface area contributed by atoms with Crippen LogP contribution in [0, 0.1) is 5.41 Å². The molecule has 6 nitrogen and oxygen atoms in total. The molecule has 1 saturated heterocycles. The van der Waals surface area contributed by atoms with E-state index in [1.807, 2.05) is 18.2 Å². The van der Waals surface area contributed by atoms with E-state index in [0.717, 1.165) is 35.4 Å². The molecule has 4 rings (SSSR count). The van der Waals surface area contributed by atoms with E-state index in [0.29, 0.717) is 25.7 Å². The number of fused-ring (bicyclic) bond motifs is 1. The van der Waals surface area contributed by atoms with Gasteiger partial charge in [-0.2, -0.15) is 0 Å². The number of ether oxygens (including phenoxy) is 1. The molecule has 0 radical (unpaired) electrons. The molecule has 1 aromatic carbocycles. The Labute approximate surface area is 154 Å². The van der Waals surface area contributed by atoms with Gasteiger partial charge in [-0.15, -0.1) is 0 Å². The molecule has 0 amide bonds. The molecule has 2 aliphatic rings. The van der Waals surface area contributed by atoms with Crippen LogP contribution in [0.1, 0.15) is 58.1 Å². The van der Waals surface area contributed by atoms with Gasteiger partial charge in [-0.25, -0.2) is 4.98 Å². The number of nitrogens with one attached hydrogen (secondary N) is 1. The van der Waals surface area contributed by atoms with Crippen molar-refractivity contribution < 1.29 is 14.9 Å². The quantitative estimate of drug-likeness (QED) is 0.715. The van der Waals surface area contributed by atoms with Gasteiger partial charge in [0.1, 0.15) is 11.8 Å². The summed E-state index contributed by atoms with van der Waals surface area (Å²) < 4.78 is 7.41. The van der Waals surface area contributed by atoms with Gasteiger partial charge in [0.25, 0.3) is 0 Å². The summed E-state index contributed by atoms with van der Waals surface area (Å²) in [6, 6.07) is 6.31. The van der Waals surface area contributed by atoms with Gasteiger partial charge >= 0.3 is 0 Å². The highest BCUT2D eigenvalue weighted by Crippen LogP contribution is 2.39. The number of anilines is 1. The van der Waals surface area contributed by atoms with Crippen LogP contribution in [0.5, 0.6) is 0 Å². The van der Waals surface area contributed by atoms with Crippen molar-refractivity contribution in [3.63, 3.8) is 0 Å². The van der Waals surface area contributed by atoms with Crippen molar-refractivity contribution in [2.45, 2.75) is 64.3 Å². The van der Waals surface area contributed by atoms with Gasteiger partial charge in [-0.3, -0.25) is 0 Å². The van der Waals surface area contributed by atoms with Gasteiger partial charge in [0.05, 0.1) is 24.2 Å². The zero-order chi connectivity index (χ0) is 18.5. The second-order valence-electron chi connectivity index (χ2n) is 9.04. The predicted molar refractivity (Wildman–Crippen MR) is 101 cm³/mol. The van der Waals surface area contributed by atoms with Crippen LogP contribution < -0.4 is 5.32 Å². The molecule has 0 bridgehead atoms. The van der Waals surface area contributed by atoms with Crippen LogP contribution in [0.3, 0.4) is 0 Å². The first-order chi connectivity index (χ1) is 12.3. The van der Waals surface area contributed by atoms with E-state index in [-0.39, 0.29) is 5.41 Å². The Morgan fingerprint density at radius 3 is 2.62 bits per heavy atom. The van der Waals surface area contributed by atoms with Crippen molar-refractivity contribution in [1.82, 2.24) is 9.55 Å². The number of hydrogen-bond donors (Lipinski definition) is 3. The molecule has 26 heavy (non-hydrogen) atoms. The topological polar surface area (TPSA) is 79.5 Å². The minimum Gasteiger partial charge on any atom is -0.380 e. The first-order valence-corrected chi connectivity index (χ1v) is 9.52. The van der Waals surface area contributed by atoms with E-state index < -0.39 is 11.8 Å². The average Bonchev–Trinajstić information content (AvgIpc) is 2.78. The molecule has 2 heterocycles. The van der Waals surface area contributed by atoms with Crippen LogP contribution >= 0.6 is 0 Å². The fourth-order valence-electron chi connectivity index (χ4n) is 3.74. The third kappa shape index (κ3) is 3.21. The number of imidazole rings is 1. The smallest absolute Gasteiger partial charge is 0.206 e. The number of aliphatic hydroxyl groups excluding tert-OH is 1. The first-order valence-electron chi connectivity index (χ1n) is 9.52. The van der Waals surface area contributed by atoms with Crippen LogP contribution in [0.4, 0.5) is 5.95 Å². The van der Waals surface area contributed by atoms with Crippen molar-refractivity contribution in [3.8, 4) is 0 Å². The zero-order valence-electron chi connectivity index (χ0n) is 15.8. The SMILES string of the molecule is CC(C)(C)CC(O)Nc1nc2ccc(C3(O)COC3)cc2n1C1CCC1. The molecule has 3 N–H and O–H groups in total. The summed E-state index contributed by atoms with van der Waals surface area (Å²) in [5.41, 5.74) is 1.91. The van der Waals surface area contributed by atoms with Crippen LogP contribution in [-0.4, -0.2) is 39.2 Å². The van der Waals surface area contributed by atoms with E-state index in [1.54, 1.807) is 0 Å². The summed E-state index contributed by atoms with van der Waals surface area (Å²) in [6.45, 7) is 7.01. The molecule has 1 saturated carbocycles. The number of benzene rings is 1. The molecule has 1 aliphatic carbocycles. The summed E-state index contributed by atoms with van der Waals surface area (Å²) >= 11 is 0. The number of aliphatic hydroxyl groups is 2. The van der Waals surface area contributed by atoms with Crippen molar-refractivity contribution in [2.24, 2.45) is 5.41 Å². The molecule has 1 atom stereocenters. The molecule has 142 valence electrons. The van der Waals surface area contributed by atoms with E-state index in [1.165, 1.54) is 6.42 Å². The minimum absolute atomic E-state index is 0.0282. The number of hydrogen-bond acceptors (Lipinski definition) is 5. The van der Waals surface area contributed by atoms with Crippen molar-refractivity contribution in [3.05, 3.63) is 23.8 Å². The largest absolute Gasteiger partial charge is 0.380 e. The Morgan fingerprint density at radius 2 is 2.08 bits per heavy atom. The van der Waals surface area contributed by atoms with Gasteiger partial charge in [0.2, 0.25) is 5.95 Å². The monoisotopic (exact) mass is 359 g/mol. The van der Waals surface area contributed by atoms with E-state index >= 15 is 0 Å². The fourth-order valence-corrected chi connectivity index (χ4v) is 3.74. The Bertz CT molecular complexity index is 800. The maximum Gasteiger partial charge on any atom is 0.206 e. The minimum atomic E-state index is -0.887. The van der Waals surface area contributed by atoms with Gasteiger partial charge in [0.15, 0.2) is 0 Å². The van der Waals surface area contributed by atoms with Gasteiger partial charge in [-0.05, 0) is 48.8 Å². The lowest BCUT2D eigenvalue weighted by Gasteiger charge is -2.37. The highest BCUT2D eigenvalue weighted by Gasteiger charge is 2.38. The molecule has 2 aromatic rings. The molecular formula is C20H29N3O3. The highest BCUT2D eigenvalue weighted by molar-refractivity contribution is 5.80. The van der Waals surface area contributed by atoms with Gasteiger partial charge < -0.3 is 24.8 Å². The predicted octanol–water partition coefficient (Wildman–Crippen LogP) is 3.15. The lowest BCUT2D eigenvalue weighted by Crippen LogP contribution is -2.46. The molecule has 6 heteroatoms. The van der Waals surface area contributed by atoms with Crippen molar-refractivity contribution >= 4 is 17.0 Å². The van der Waals surface area contributed by atoms with E-state index in [4.69, 9.17) is 9.72 Å². The summed E-state index contributed by atoms with van der Waals surface area (Å²) in [4.78, 5) is 4.73. The molecule has 0 spiro atoms. The Kier molecular flexibility index (Phi) is 4.25. The zero-order valence-corrected chi connectivity index (χ0v) is 15.8. The Hall–Kier alpha value is -1.63. The second-order valence-corrected chi connectivity index (χ2v) is 9.04. The molecule has 1 aliphatic heterocycles. The average molecular weight is 359 g/mol. The third-order valence-corrected chi connectivity index (χ3v) is 5.45. The van der Waals surface area contributed by atoms with Crippen LogP contribution in [0.15, 0.2) is 18.2 Å². The van der Waals surface area contributed by atoms with E-state index in [2.05, 4.69) is 30.7 Å². The lowest BCUT2D eigenvalue weighted by molar-refractivity contribution is -0.184. The lowest BCUT2D eigenvalue weighted by atomic mass is 9.90. The maximum atomic E-state index is 10.6. The second kappa shape index (κ2) is 6.22. The normalized spacial score (nSPS) is 21.3. The van der Waals surface area contributed by atoms with Crippen molar-refractivity contribution in [2.75, 3.05) is 18.5 Å². The third-order valence-electron chi connectivity index (χ3n) is 5.45. The molecule has 2 fully saturated rings. The van der Waals surface area contributed by atoms with Gasteiger partial charge in [0, 0.05) is 6.04 Å². The van der Waals surface area contributed by atoms with Crippen LogP contribution in [-0.2, 0) is 10.3 Å². The standard InChI is InChI=1S/C20H29N3O3/c1-19(2,3)10-17(24)22-18-21-15-8-7-13(20(25)11-26-12-20)9-16(15)23(18)14-5-4-6-14/h7-9,14,17,24-25H,4-6,10-12H2,1-3H3,(H,21,22). The number of rotatable bonds is 5. The van der Waals surface area contributed by atoms with E-state index in [9.17, 15) is 10.2 Å². The highest BCUT2D eigenvalue weighted by atomic mass is 16.5. The molecule has 1 unspecified atom stereocenters. The number of nitrogens with zero attached hydrogens (tertiary/aromatic N) is 2. The molecule has 1 aromatic heterocycles. The summed E-state index contributed by atoms with van der Waals surface area (Å²) in [7, 11) is 0. The van der Waals surface area contributed by atoms with Crippen LogP contribution in [0.2, 0.25) is 0 Å². The Balaban J connectivity index is 1.70. The summed E-state index contributed by atoms with van der Waals surface area (Å²) in [5.74, 6) is 0.718.